The molecule has 1 aromatic heterocycles. The van der Waals surface area contributed by atoms with Crippen LogP contribution < -0.4 is 9.47 Å². The van der Waals surface area contributed by atoms with Crippen molar-refractivity contribution in [2.24, 2.45) is 0 Å². The van der Waals surface area contributed by atoms with Crippen LogP contribution in [0.15, 0.2) is 43.0 Å². The van der Waals surface area contributed by atoms with Crippen LogP contribution >= 0.6 is 0 Å². The van der Waals surface area contributed by atoms with Crippen LogP contribution in [0.5, 0.6) is 11.5 Å². The minimum atomic E-state index is 0.454. The molecule has 0 amide bonds. The molecule has 5 nitrogen and oxygen atoms in total. The van der Waals surface area contributed by atoms with Gasteiger partial charge in [-0.25, -0.2) is 4.98 Å². The van der Waals surface area contributed by atoms with Crippen LogP contribution in [0.4, 0.5) is 0 Å². The molecule has 0 atom stereocenters. The zero-order chi connectivity index (χ0) is 20.8. The van der Waals surface area contributed by atoms with Gasteiger partial charge < -0.3 is 14.5 Å². The number of ether oxygens (including phenoxy) is 2. The molecule has 29 heavy (non-hydrogen) atoms. The van der Waals surface area contributed by atoms with E-state index in [4.69, 9.17) is 9.47 Å². The summed E-state index contributed by atoms with van der Waals surface area (Å²) in [6, 6.07) is 12.1. The van der Waals surface area contributed by atoms with E-state index in [1.165, 1.54) is 0 Å². The van der Waals surface area contributed by atoms with Gasteiger partial charge in [-0.2, -0.15) is 5.26 Å². The van der Waals surface area contributed by atoms with Crippen molar-refractivity contribution in [3.63, 3.8) is 0 Å². The summed E-state index contributed by atoms with van der Waals surface area (Å²) in [6.45, 7) is 10.8. The molecular formula is C24H25N3O2. The summed E-state index contributed by atoms with van der Waals surface area (Å²) in [5, 5.41) is 9.75. The summed E-state index contributed by atoms with van der Waals surface area (Å²) < 4.78 is 11.6. The van der Waals surface area contributed by atoms with E-state index in [2.05, 4.69) is 22.6 Å². The van der Waals surface area contributed by atoms with Gasteiger partial charge >= 0.3 is 0 Å². The Balaban J connectivity index is 2.09. The molecule has 0 saturated heterocycles. The maximum atomic E-state index is 9.75. The number of fused-ring (bicyclic) bond motifs is 1. The highest BCUT2D eigenvalue weighted by Crippen LogP contribution is 2.35. The van der Waals surface area contributed by atoms with Crippen molar-refractivity contribution in [1.82, 2.24) is 9.97 Å². The lowest BCUT2D eigenvalue weighted by molar-refractivity contribution is 0.285. The number of aromatic amines is 1. The van der Waals surface area contributed by atoms with Crippen molar-refractivity contribution in [1.29, 1.82) is 5.26 Å². The molecule has 1 N–H and O–H groups in total. The molecule has 0 spiro atoms. The SMILES string of the molecule is C=CCc1cc(/C=C(/C#N)c2nc3ccc(C)cc3[nH]2)cc(OCC)c1OCC. The molecule has 0 unspecified atom stereocenters. The van der Waals surface area contributed by atoms with Crippen LogP contribution in [0.3, 0.4) is 0 Å². The molecule has 0 radical (unpaired) electrons. The highest BCUT2D eigenvalue weighted by molar-refractivity contribution is 5.90. The second-order valence-electron chi connectivity index (χ2n) is 6.64. The maximum absolute atomic E-state index is 9.75. The first kappa shape index (κ1) is 20.2. The van der Waals surface area contributed by atoms with E-state index in [-0.39, 0.29) is 0 Å². The Morgan fingerprint density at radius 2 is 2.00 bits per heavy atom. The molecular weight excluding hydrogens is 362 g/mol. The van der Waals surface area contributed by atoms with Gasteiger partial charge in [0.2, 0.25) is 0 Å². The number of nitriles is 1. The minimum Gasteiger partial charge on any atom is -0.490 e. The Hall–Kier alpha value is -3.52. The number of hydrogen-bond acceptors (Lipinski definition) is 4. The first-order chi connectivity index (χ1) is 14.1. The van der Waals surface area contributed by atoms with Crippen LogP contribution in [-0.2, 0) is 6.42 Å². The van der Waals surface area contributed by atoms with Gasteiger partial charge in [-0.15, -0.1) is 6.58 Å². The smallest absolute Gasteiger partial charge is 0.164 e. The standard InChI is InChI=1S/C24H25N3O2/c1-5-8-18-12-17(14-22(28-6-2)23(18)29-7-3)13-19(15-25)24-26-20-10-9-16(4)11-21(20)27-24/h5,9-14H,1,6-8H2,2-4H3,(H,26,27)/b19-13-. The summed E-state index contributed by atoms with van der Waals surface area (Å²) in [5.41, 5.74) is 5.15. The molecule has 3 aromatic rings. The van der Waals surface area contributed by atoms with Gasteiger partial charge in [-0.1, -0.05) is 12.1 Å². The van der Waals surface area contributed by atoms with Crippen molar-refractivity contribution in [3.05, 3.63) is 65.5 Å². The van der Waals surface area contributed by atoms with E-state index in [0.29, 0.717) is 36.8 Å². The third-order valence-electron chi connectivity index (χ3n) is 4.43. The third kappa shape index (κ3) is 4.49. The zero-order valence-electron chi connectivity index (χ0n) is 17.1. The van der Waals surface area contributed by atoms with E-state index in [1.54, 1.807) is 0 Å². The number of aromatic nitrogens is 2. The molecule has 0 aliphatic carbocycles. The number of aryl methyl sites for hydroxylation is 1. The van der Waals surface area contributed by atoms with Gasteiger partial charge in [-0.05, 0) is 68.7 Å². The van der Waals surface area contributed by atoms with Crippen LogP contribution in [0.25, 0.3) is 22.7 Å². The van der Waals surface area contributed by atoms with Crippen molar-refractivity contribution < 1.29 is 9.47 Å². The van der Waals surface area contributed by atoms with E-state index in [9.17, 15) is 5.26 Å². The molecule has 3 rings (SSSR count). The summed E-state index contributed by atoms with van der Waals surface area (Å²) in [5.74, 6) is 1.94. The molecule has 148 valence electrons. The quantitative estimate of drug-likeness (QED) is 0.411. The summed E-state index contributed by atoms with van der Waals surface area (Å²) >= 11 is 0. The number of nitrogens with one attached hydrogen (secondary N) is 1. The molecule has 0 aliphatic rings. The topological polar surface area (TPSA) is 70.9 Å². The number of imidazole rings is 1. The second-order valence-corrected chi connectivity index (χ2v) is 6.64. The molecule has 0 fully saturated rings. The lowest BCUT2D eigenvalue weighted by Crippen LogP contribution is -2.02. The molecule has 0 bridgehead atoms. The van der Waals surface area contributed by atoms with Gasteiger partial charge in [-0.3, -0.25) is 0 Å². The average Bonchev–Trinajstić information content (AvgIpc) is 3.12. The van der Waals surface area contributed by atoms with Gasteiger partial charge in [0.1, 0.15) is 11.9 Å². The number of nitrogens with zero attached hydrogens (tertiary/aromatic N) is 2. The highest BCUT2D eigenvalue weighted by atomic mass is 16.5. The summed E-state index contributed by atoms with van der Waals surface area (Å²) in [4.78, 5) is 7.81. The zero-order valence-corrected chi connectivity index (χ0v) is 17.1. The second kappa shape index (κ2) is 9.11. The third-order valence-corrected chi connectivity index (χ3v) is 4.43. The Bertz CT molecular complexity index is 1100. The first-order valence-corrected chi connectivity index (χ1v) is 9.71. The fraction of sp³-hybridized carbons (Fsp3) is 0.250. The van der Waals surface area contributed by atoms with Gasteiger partial charge in [0.25, 0.3) is 0 Å². The summed E-state index contributed by atoms with van der Waals surface area (Å²) in [6.07, 6.45) is 4.28. The molecule has 1 heterocycles. The average molecular weight is 387 g/mol. The predicted octanol–water partition coefficient (Wildman–Crippen LogP) is 5.46. The van der Waals surface area contributed by atoms with Crippen LogP contribution in [-0.4, -0.2) is 23.2 Å². The van der Waals surface area contributed by atoms with Crippen molar-refractivity contribution in [3.8, 4) is 17.6 Å². The van der Waals surface area contributed by atoms with Gasteiger partial charge in [0.15, 0.2) is 11.5 Å². The predicted molar refractivity (Wildman–Crippen MR) is 117 cm³/mol. The van der Waals surface area contributed by atoms with Gasteiger partial charge in [0.05, 0.1) is 29.8 Å². The van der Waals surface area contributed by atoms with E-state index < -0.39 is 0 Å². The number of rotatable bonds is 8. The lowest BCUT2D eigenvalue weighted by Gasteiger charge is -2.16. The summed E-state index contributed by atoms with van der Waals surface area (Å²) in [7, 11) is 0. The largest absolute Gasteiger partial charge is 0.490 e. The number of hydrogen-bond donors (Lipinski definition) is 1. The van der Waals surface area contributed by atoms with Crippen molar-refractivity contribution in [2.75, 3.05) is 13.2 Å². The van der Waals surface area contributed by atoms with Crippen LogP contribution in [0, 0.1) is 18.3 Å². The van der Waals surface area contributed by atoms with E-state index >= 15 is 0 Å². The fourth-order valence-electron chi connectivity index (χ4n) is 3.22. The fourth-order valence-corrected chi connectivity index (χ4v) is 3.22. The van der Waals surface area contributed by atoms with Crippen molar-refractivity contribution in [2.45, 2.75) is 27.2 Å². The first-order valence-electron chi connectivity index (χ1n) is 9.71. The van der Waals surface area contributed by atoms with Gasteiger partial charge in [0, 0.05) is 5.56 Å². The molecule has 5 heteroatoms. The normalized spacial score (nSPS) is 11.3. The molecule has 2 aromatic carbocycles. The molecule has 0 aliphatic heterocycles. The Labute approximate surface area is 171 Å². The number of benzene rings is 2. The lowest BCUT2D eigenvalue weighted by atomic mass is 10.0. The monoisotopic (exact) mass is 387 g/mol. The Kier molecular flexibility index (Phi) is 6.36. The Morgan fingerprint density at radius 3 is 2.69 bits per heavy atom. The minimum absolute atomic E-state index is 0.454. The van der Waals surface area contributed by atoms with E-state index in [0.717, 1.165) is 33.5 Å². The highest BCUT2D eigenvalue weighted by Gasteiger charge is 2.14. The van der Waals surface area contributed by atoms with Crippen molar-refractivity contribution >= 4 is 22.7 Å². The van der Waals surface area contributed by atoms with Crippen LogP contribution in [0.1, 0.15) is 36.4 Å². The Morgan fingerprint density at radius 1 is 1.21 bits per heavy atom. The molecule has 0 saturated carbocycles. The van der Waals surface area contributed by atoms with Crippen LogP contribution in [0.2, 0.25) is 0 Å². The van der Waals surface area contributed by atoms with E-state index in [1.807, 2.05) is 63.3 Å². The number of allylic oxidation sites excluding steroid dienone is 2. The number of H-pyrrole nitrogens is 1. The maximum Gasteiger partial charge on any atom is 0.164 e.